The molecule has 1 saturated heterocycles. The van der Waals surface area contributed by atoms with Gasteiger partial charge in [-0.05, 0) is 37.4 Å². The highest BCUT2D eigenvalue weighted by Crippen LogP contribution is 2.32. The van der Waals surface area contributed by atoms with Crippen molar-refractivity contribution in [1.29, 1.82) is 0 Å². The Labute approximate surface area is 84.8 Å². The molecule has 0 aromatic rings. The Morgan fingerprint density at radius 2 is 2.50 bits per heavy atom. The van der Waals surface area contributed by atoms with Crippen molar-refractivity contribution in [2.75, 3.05) is 11.6 Å². The van der Waals surface area contributed by atoms with Crippen LogP contribution in [0.2, 0.25) is 0 Å². The first-order valence-electron chi connectivity index (χ1n) is 4.65. The molecular weight excluding hydrogens is 188 g/mol. The van der Waals surface area contributed by atoms with Crippen LogP contribution in [0.3, 0.4) is 0 Å². The number of halogens is 1. The molecule has 2 heteroatoms. The van der Waals surface area contributed by atoms with Gasteiger partial charge in [0.1, 0.15) is 0 Å². The summed E-state index contributed by atoms with van der Waals surface area (Å²) in [6, 6.07) is 0. The molecule has 2 atom stereocenters. The summed E-state index contributed by atoms with van der Waals surface area (Å²) in [7, 11) is 0. The van der Waals surface area contributed by atoms with Gasteiger partial charge < -0.3 is 0 Å². The molecule has 0 nitrogen and oxygen atoms in total. The third kappa shape index (κ3) is 3.40. The maximum absolute atomic E-state index is 5.87. The van der Waals surface area contributed by atoms with Crippen LogP contribution < -0.4 is 0 Å². The van der Waals surface area contributed by atoms with Crippen molar-refractivity contribution in [3.05, 3.63) is 12.7 Å². The molecular formula is C10H17ClS. The SMILES string of the molecule is C=CCC(CCl)CC1CCCS1. The minimum atomic E-state index is 0.666. The van der Waals surface area contributed by atoms with Gasteiger partial charge >= 0.3 is 0 Å². The van der Waals surface area contributed by atoms with Gasteiger partial charge in [-0.25, -0.2) is 0 Å². The maximum atomic E-state index is 5.87. The highest BCUT2D eigenvalue weighted by atomic mass is 35.5. The van der Waals surface area contributed by atoms with Crippen molar-refractivity contribution < 1.29 is 0 Å². The highest BCUT2D eigenvalue weighted by molar-refractivity contribution is 8.00. The second-order valence-corrected chi connectivity index (χ2v) is 5.13. The molecule has 1 aliphatic rings. The predicted molar refractivity (Wildman–Crippen MR) is 59.1 cm³/mol. The Morgan fingerprint density at radius 3 is 3.00 bits per heavy atom. The summed E-state index contributed by atoms with van der Waals surface area (Å²) in [4.78, 5) is 0. The molecule has 0 radical (unpaired) electrons. The summed E-state index contributed by atoms with van der Waals surface area (Å²) < 4.78 is 0. The summed E-state index contributed by atoms with van der Waals surface area (Å²) >= 11 is 7.99. The Morgan fingerprint density at radius 1 is 1.67 bits per heavy atom. The van der Waals surface area contributed by atoms with Gasteiger partial charge in [-0.2, -0.15) is 11.8 Å². The molecule has 0 spiro atoms. The van der Waals surface area contributed by atoms with Crippen molar-refractivity contribution in [3.8, 4) is 0 Å². The molecule has 2 unspecified atom stereocenters. The minimum absolute atomic E-state index is 0.666. The zero-order chi connectivity index (χ0) is 8.81. The standard InChI is InChI=1S/C10H17ClS/c1-2-4-9(8-11)7-10-5-3-6-12-10/h2,9-10H,1,3-8H2. The van der Waals surface area contributed by atoms with Crippen LogP contribution in [0.15, 0.2) is 12.7 Å². The quantitative estimate of drug-likeness (QED) is 0.486. The molecule has 12 heavy (non-hydrogen) atoms. The highest BCUT2D eigenvalue weighted by Gasteiger charge is 2.19. The van der Waals surface area contributed by atoms with Gasteiger partial charge in [0.25, 0.3) is 0 Å². The monoisotopic (exact) mass is 204 g/mol. The fourth-order valence-electron chi connectivity index (χ4n) is 1.66. The van der Waals surface area contributed by atoms with E-state index in [1.807, 2.05) is 6.08 Å². The molecule has 1 rings (SSSR count). The zero-order valence-corrected chi connectivity index (χ0v) is 9.04. The lowest BCUT2D eigenvalue weighted by molar-refractivity contribution is 0.525. The third-order valence-corrected chi connectivity index (χ3v) is 4.20. The second kappa shape index (κ2) is 5.93. The van der Waals surface area contributed by atoms with Gasteiger partial charge in [-0.15, -0.1) is 18.2 Å². The Hall–Kier alpha value is 0.380. The van der Waals surface area contributed by atoms with Crippen LogP contribution in [-0.4, -0.2) is 16.9 Å². The Kier molecular flexibility index (Phi) is 5.17. The number of hydrogen-bond donors (Lipinski definition) is 0. The van der Waals surface area contributed by atoms with E-state index in [1.165, 1.54) is 25.0 Å². The number of thioether (sulfide) groups is 1. The van der Waals surface area contributed by atoms with E-state index in [-0.39, 0.29) is 0 Å². The number of allylic oxidation sites excluding steroid dienone is 1. The molecule has 0 saturated carbocycles. The van der Waals surface area contributed by atoms with Gasteiger partial charge in [0, 0.05) is 11.1 Å². The summed E-state index contributed by atoms with van der Waals surface area (Å²) in [5.41, 5.74) is 0. The topological polar surface area (TPSA) is 0 Å². The first-order valence-corrected chi connectivity index (χ1v) is 6.23. The minimum Gasteiger partial charge on any atom is -0.159 e. The van der Waals surface area contributed by atoms with E-state index < -0.39 is 0 Å². The molecule has 1 heterocycles. The van der Waals surface area contributed by atoms with E-state index in [4.69, 9.17) is 11.6 Å². The Bertz CT molecular complexity index is 130. The van der Waals surface area contributed by atoms with Crippen molar-refractivity contribution in [2.45, 2.75) is 30.9 Å². The predicted octanol–water partition coefficient (Wildman–Crippen LogP) is 3.70. The Balaban J connectivity index is 2.20. The zero-order valence-electron chi connectivity index (χ0n) is 7.47. The molecule has 0 aliphatic carbocycles. The normalized spacial score (nSPS) is 25.6. The summed E-state index contributed by atoms with van der Waals surface area (Å²) in [6.45, 7) is 3.76. The van der Waals surface area contributed by atoms with Crippen molar-refractivity contribution in [2.24, 2.45) is 5.92 Å². The third-order valence-electron chi connectivity index (χ3n) is 2.34. The van der Waals surface area contributed by atoms with E-state index in [0.29, 0.717) is 5.92 Å². The lowest BCUT2D eigenvalue weighted by Crippen LogP contribution is -2.09. The molecule has 0 aromatic carbocycles. The van der Waals surface area contributed by atoms with Gasteiger partial charge in [-0.3, -0.25) is 0 Å². The molecule has 70 valence electrons. The van der Waals surface area contributed by atoms with Gasteiger partial charge in [0.15, 0.2) is 0 Å². The average Bonchev–Trinajstić information content (AvgIpc) is 2.56. The van der Waals surface area contributed by atoms with Crippen LogP contribution in [0, 0.1) is 5.92 Å². The van der Waals surface area contributed by atoms with Crippen LogP contribution in [-0.2, 0) is 0 Å². The van der Waals surface area contributed by atoms with Crippen molar-refractivity contribution in [3.63, 3.8) is 0 Å². The molecule has 0 aromatic heterocycles. The molecule has 1 aliphatic heterocycles. The second-order valence-electron chi connectivity index (χ2n) is 3.42. The van der Waals surface area contributed by atoms with Crippen molar-refractivity contribution >= 4 is 23.4 Å². The van der Waals surface area contributed by atoms with E-state index >= 15 is 0 Å². The molecule has 0 amide bonds. The number of rotatable bonds is 5. The lowest BCUT2D eigenvalue weighted by atomic mass is 10.00. The molecule has 0 N–H and O–H groups in total. The largest absolute Gasteiger partial charge is 0.159 e. The van der Waals surface area contributed by atoms with Gasteiger partial charge in [-0.1, -0.05) is 6.08 Å². The van der Waals surface area contributed by atoms with Crippen LogP contribution >= 0.6 is 23.4 Å². The summed E-state index contributed by atoms with van der Waals surface area (Å²) in [6.07, 6.45) is 7.17. The first-order chi connectivity index (χ1) is 5.86. The summed E-state index contributed by atoms with van der Waals surface area (Å²) in [5, 5.41) is 0.883. The van der Waals surface area contributed by atoms with Crippen LogP contribution in [0.25, 0.3) is 0 Å². The maximum Gasteiger partial charge on any atom is 0.0255 e. The van der Waals surface area contributed by atoms with Crippen LogP contribution in [0.5, 0.6) is 0 Å². The molecule has 1 fully saturated rings. The van der Waals surface area contributed by atoms with Gasteiger partial charge in [0.05, 0.1) is 0 Å². The van der Waals surface area contributed by atoms with Gasteiger partial charge in [0.2, 0.25) is 0 Å². The molecule has 0 bridgehead atoms. The fraction of sp³-hybridized carbons (Fsp3) is 0.800. The van der Waals surface area contributed by atoms with Crippen LogP contribution in [0.4, 0.5) is 0 Å². The number of hydrogen-bond acceptors (Lipinski definition) is 1. The lowest BCUT2D eigenvalue weighted by Gasteiger charge is -2.15. The summed E-state index contributed by atoms with van der Waals surface area (Å²) in [5.74, 6) is 2.82. The van der Waals surface area contributed by atoms with Crippen molar-refractivity contribution in [1.82, 2.24) is 0 Å². The number of alkyl halides is 1. The van der Waals surface area contributed by atoms with E-state index in [0.717, 1.165) is 17.6 Å². The van der Waals surface area contributed by atoms with E-state index in [2.05, 4.69) is 18.3 Å². The van der Waals surface area contributed by atoms with E-state index in [9.17, 15) is 0 Å². The van der Waals surface area contributed by atoms with E-state index in [1.54, 1.807) is 0 Å². The average molecular weight is 205 g/mol. The smallest absolute Gasteiger partial charge is 0.0255 e. The van der Waals surface area contributed by atoms with Crippen LogP contribution in [0.1, 0.15) is 25.7 Å². The fourth-order valence-corrected chi connectivity index (χ4v) is 3.32. The first kappa shape index (κ1) is 10.5.